The predicted octanol–water partition coefficient (Wildman–Crippen LogP) is 2.70. The van der Waals surface area contributed by atoms with Crippen molar-refractivity contribution in [3.63, 3.8) is 0 Å². The fraction of sp³-hybridized carbons (Fsp3) is 0.444. The molecule has 2 aromatic rings. The summed E-state index contributed by atoms with van der Waals surface area (Å²) in [5, 5.41) is 0. The van der Waals surface area contributed by atoms with Crippen LogP contribution in [0.5, 0.6) is 5.75 Å². The van der Waals surface area contributed by atoms with Gasteiger partial charge in [0.2, 0.25) is 0 Å². The van der Waals surface area contributed by atoms with Crippen molar-refractivity contribution in [1.29, 1.82) is 0 Å². The summed E-state index contributed by atoms with van der Waals surface area (Å²) in [6, 6.07) is 8.18. The number of hydrogen-bond donors (Lipinski definition) is 1. The van der Waals surface area contributed by atoms with Crippen LogP contribution >= 0.6 is 0 Å². The molecule has 0 spiro atoms. The molecule has 1 aromatic heterocycles. The minimum absolute atomic E-state index is 0.320. The second-order valence-electron chi connectivity index (χ2n) is 6.09. The second-order valence-corrected chi connectivity index (χ2v) is 6.09. The van der Waals surface area contributed by atoms with Crippen LogP contribution in [0.4, 0.5) is 5.69 Å². The SMILES string of the molecule is COc1ccccc1-c1nc(C)c(N2CCC(N)CC2)c(C)n1. The highest BCUT2D eigenvalue weighted by Crippen LogP contribution is 2.31. The first-order valence-corrected chi connectivity index (χ1v) is 8.09. The van der Waals surface area contributed by atoms with Crippen molar-refractivity contribution in [2.24, 2.45) is 5.73 Å². The van der Waals surface area contributed by atoms with E-state index >= 15 is 0 Å². The van der Waals surface area contributed by atoms with E-state index in [0.717, 1.165) is 60.1 Å². The van der Waals surface area contributed by atoms with Gasteiger partial charge in [-0.05, 0) is 38.8 Å². The molecule has 0 atom stereocenters. The Morgan fingerprint density at radius 2 is 1.70 bits per heavy atom. The maximum absolute atomic E-state index is 6.01. The Labute approximate surface area is 137 Å². The molecule has 1 fully saturated rings. The van der Waals surface area contributed by atoms with Crippen LogP contribution in [-0.2, 0) is 0 Å². The minimum Gasteiger partial charge on any atom is -0.496 e. The Morgan fingerprint density at radius 3 is 2.30 bits per heavy atom. The first kappa shape index (κ1) is 15.7. The zero-order valence-corrected chi connectivity index (χ0v) is 14.0. The van der Waals surface area contributed by atoms with Crippen LogP contribution < -0.4 is 15.4 Å². The number of aromatic nitrogens is 2. The number of hydrogen-bond acceptors (Lipinski definition) is 5. The number of methoxy groups -OCH3 is 1. The average Bonchev–Trinajstić information content (AvgIpc) is 2.56. The van der Waals surface area contributed by atoms with Crippen LogP contribution in [0.1, 0.15) is 24.2 Å². The van der Waals surface area contributed by atoms with Crippen molar-refractivity contribution in [2.75, 3.05) is 25.1 Å². The van der Waals surface area contributed by atoms with Crippen LogP contribution in [0.25, 0.3) is 11.4 Å². The van der Waals surface area contributed by atoms with Gasteiger partial charge in [-0.3, -0.25) is 0 Å². The maximum atomic E-state index is 6.01. The van der Waals surface area contributed by atoms with Gasteiger partial charge in [0.25, 0.3) is 0 Å². The summed E-state index contributed by atoms with van der Waals surface area (Å²) in [7, 11) is 1.67. The lowest BCUT2D eigenvalue weighted by Gasteiger charge is -2.33. The fourth-order valence-electron chi connectivity index (χ4n) is 3.24. The quantitative estimate of drug-likeness (QED) is 0.944. The number of rotatable bonds is 3. The van der Waals surface area contributed by atoms with Gasteiger partial charge in [0.05, 0.1) is 29.7 Å². The standard InChI is InChI=1S/C18H24N4O/c1-12-17(22-10-8-14(19)9-11-22)13(2)21-18(20-12)15-6-4-5-7-16(15)23-3/h4-7,14H,8-11,19H2,1-3H3. The smallest absolute Gasteiger partial charge is 0.163 e. The Hall–Kier alpha value is -2.14. The van der Waals surface area contributed by atoms with Crippen molar-refractivity contribution in [3.05, 3.63) is 35.7 Å². The van der Waals surface area contributed by atoms with Crippen LogP contribution in [0.2, 0.25) is 0 Å². The lowest BCUT2D eigenvalue weighted by molar-refractivity contribution is 0.416. The number of para-hydroxylation sites is 1. The molecule has 2 heterocycles. The maximum Gasteiger partial charge on any atom is 0.163 e. The lowest BCUT2D eigenvalue weighted by atomic mass is 10.0. The molecule has 1 saturated heterocycles. The molecule has 3 rings (SSSR count). The van der Waals surface area contributed by atoms with Crippen molar-refractivity contribution < 1.29 is 4.74 Å². The van der Waals surface area contributed by atoms with E-state index in [1.54, 1.807) is 7.11 Å². The fourth-order valence-corrected chi connectivity index (χ4v) is 3.24. The van der Waals surface area contributed by atoms with Crippen LogP contribution in [-0.4, -0.2) is 36.2 Å². The molecule has 0 radical (unpaired) electrons. The summed E-state index contributed by atoms with van der Waals surface area (Å²) in [6.07, 6.45) is 2.04. The number of piperidine rings is 1. The van der Waals surface area contributed by atoms with Crippen LogP contribution in [0.3, 0.4) is 0 Å². The van der Waals surface area contributed by atoms with E-state index in [4.69, 9.17) is 20.4 Å². The van der Waals surface area contributed by atoms with Crippen molar-refractivity contribution in [2.45, 2.75) is 32.7 Å². The zero-order chi connectivity index (χ0) is 16.4. The summed E-state index contributed by atoms with van der Waals surface area (Å²) < 4.78 is 5.43. The molecular formula is C18H24N4O. The third-order valence-corrected chi connectivity index (χ3v) is 4.44. The summed E-state index contributed by atoms with van der Waals surface area (Å²) in [5.74, 6) is 1.51. The summed E-state index contributed by atoms with van der Waals surface area (Å²) in [6.45, 7) is 6.05. The molecule has 5 heteroatoms. The molecule has 0 aliphatic carbocycles. The molecule has 0 amide bonds. The Balaban J connectivity index is 1.97. The van der Waals surface area contributed by atoms with Gasteiger partial charge in [0.1, 0.15) is 5.75 Å². The highest BCUT2D eigenvalue weighted by atomic mass is 16.5. The molecule has 23 heavy (non-hydrogen) atoms. The van der Waals surface area contributed by atoms with Crippen LogP contribution in [0.15, 0.2) is 24.3 Å². The first-order valence-electron chi connectivity index (χ1n) is 8.09. The lowest BCUT2D eigenvalue weighted by Crippen LogP contribution is -2.40. The molecule has 1 aromatic carbocycles. The first-order chi connectivity index (χ1) is 11.1. The van der Waals surface area contributed by atoms with E-state index in [0.29, 0.717) is 6.04 Å². The molecule has 122 valence electrons. The number of aryl methyl sites for hydroxylation is 2. The summed E-state index contributed by atoms with van der Waals surface area (Å²) in [5.41, 5.74) is 10.1. The number of benzene rings is 1. The normalized spacial score (nSPS) is 15.7. The molecule has 0 bridgehead atoms. The molecule has 0 unspecified atom stereocenters. The zero-order valence-electron chi connectivity index (χ0n) is 14.0. The van der Waals surface area contributed by atoms with Gasteiger partial charge in [-0.2, -0.15) is 0 Å². The molecule has 1 aliphatic rings. The number of anilines is 1. The van der Waals surface area contributed by atoms with Gasteiger partial charge in [-0.15, -0.1) is 0 Å². The van der Waals surface area contributed by atoms with E-state index < -0.39 is 0 Å². The Morgan fingerprint density at radius 1 is 1.09 bits per heavy atom. The predicted molar refractivity (Wildman–Crippen MR) is 92.9 cm³/mol. The van der Waals surface area contributed by atoms with E-state index in [1.165, 1.54) is 0 Å². The molecular weight excluding hydrogens is 288 g/mol. The number of ether oxygens (including phenoxy) is 1. The van der Waals surface area contributed by atoms with Gasteiger partial charge in [-0.1, -0.05) is 12.1 Å². The van der Waals surface area contributed by atoms with E-state index in [1.807, 2.05) is 24.3 Å². The molecule has 0 saturated carbocycles. The van der Waals surface area contributed by atoms with Crippen LogP contribution in [0, 0.1) is 13.8 Å². The number of nitrogens with two attached hydrogens (primary N) is 1. The van der Waals surface area contributed by atoms with E-state index in [9.17, 15) is 0 Å². The largest absolute Gasteiger partial charge is 0.496 e. The molecule has 2 N–H and O–H groups in total. The van der Waals surface area contributed by atoms with E-state index in [2.05, 4.69) is 18.7 Å². The third kappa shape index (κ3) is 3.15. The van der Waals surface area contributed by atoms with E-state index in [-0.39, 0.29) is 0 Å². The van der Waals surface area contributed by atoms with Gasteiger partial charge in [0.15, 0.2) is 5.82 Å². The second kappa shape index (κ2) is 6.54. The highest BCUT2D eigenvalue weighted by Gasteiger charge is 2.21. The third-order valence-electron chi connectivity index (χ3n) is 4.44. The van der Waals surface area contributed by atoms with Crippen molar-refractivity contribution in [1.82, 2.24) is 9.97 Å². The highest BCUT2D eigenvalue weighted by molar-refractivity contribution is 5.67. The summed E-state index contributed by atoms with van der Waals surface area (Å²) in [4.78, 5) is 11.8. The minimum atomic E-state index is 0.320. The van der Waals surface area contributed by atoms with Gasteiger partial charge in [-0.25, -0.2) is 9.97 Å². The Kier molecular flexibility index (Phi) is 4.48. The topological polar surface area (TPSA) is 64.3 Å². The average molecular weight is 312 g/mol. The number of nitrogens with zero attached hydrogens (tertiary/aromatic N) is 3. The molecule has 5 nitrogen and oxygen atoms in total. The summed E-state index contributed by atoms with van der Waals surface area (Å²) >= 11 is 0. The monoisotopic (exact) mass is 312 g/mol. The van der Waals surface area contributed by atoms with Gasteiger partial charge >= 0.3 is 0 Å². The molecule has 1 aliphatic heterocycles. The van der Waals surface area contributed by atoms with Gasteiger partial charge < -0.3 is 15.4 Å². The van der Waals surface area contributed by atoms with Gasteiger partial charge in [0, 0.05) is 19.1 Å². The van der Waals surface area contributed by atoms with Crippen molar-refractivity contribution in [3.8, 4) is 17.1 Å². The van der Waals surface area contributed by atoms with Crippen molar-refractivity contribution >= 4 is 5.69 Å². The Bertz CT molecular complexity index is 670.